The highest BCUT2D eigenvalue weighted by Gasteiger charge is 2.21. The van der Waals surface area contributed by atoms with Crippen molar-refractivity contribution >= 4 is 20.8 Å². The van der Waals surface area contributed by atoms with Crippen LogP contribution in [0.3, 0.4) is 0 Å². The lowest BCUT2D eigenvalue weighted by molar-refractivity contribution is 0.116. The summed E-state index contributed by atoms with van der Waals surface area (Å²) in [7, 11) is -3.22. The van der Waals surface area contributed by atoms with Gasteiger partial charge in [0.1, 0.15) is 11.3 Å². The van der Waals surface area contributed by atoms with E-state index in [2.05, 4.69) is 65.3 Å². The van der Waals surface area contributed by atoms with Gasteiger partial charge in [-0.05, 0) is 47.9 Å². The molecule has 0 saturated carbocycles. The van der Waals surface area contributed by atoms with Crippen LogP contribution in [0.5, 0.6) is 0 Å². The third kappa shape index (κ3) is 5.09. The largest absolute Gasteiger partial charge is 0.460 e. The molecule has 2 heterocycles. The standard InChI is InChI=1S/C28H30N2O3S/c1-21-7-9-22(10-8-21)23-11-12-27-25(17-23)18-26(33-27)20-30-15-13-29(14-16-30)19-24-5-3-4-6-28(24)34(2,31)32/h3-12,17-18H,13-16,19-20H2,1-2H3. The average Bonchev–Trinajstić information content (AvgIpc) is 3.22. The summed E-state index contributed by atoms with van der Waals surface area (Å²) in [6, 6.07) is 24.4. The van der Waals surface area contributed by atoms with Gasteiger partial charge in [0.05, 0.1) is 11.4 Å². The number of sulfone groups is 1. The Labute approximate surface area is 201 Å². The number of nitrogens with zero attached hydrogens (tertiary/aromatic N) is 2. The number of aryl methyl sites for hydroxylation is 1. The molecule has 5 rings (SSSR count). The van der Waals surface area contributed by atoms with E-state index in [1.807, 2.05) is 12.1 Å². The highest BCUT2D eigenvalue weighted by Crippen LogP contribution is 2.28. The first kappa shape index (κ1) is 22.8. The molecule has 0 atom stereocenters. The average molecular weight is 475 g/mol. The Morgan fingerprint density at radius 2 is 1.44 bits per heavy atom. The lowest BCUT2D eigenvalue weighted by atomic mass is 10.0. The number of hydrogen-bond acceptors (Lipinski definition) is 5. The zero-order valence-electron chi connectivity index (χ0n) is 19.7. The second kappa shape index (κ2) is 9.37. The number of piperazine rings is 1. The topological polar surface area (TPSA) is 53.8 Å². The van der Waals surface area contributed by atoms with E-state index >= 15 is 0 Å². The molecular weight excluding hydrogens is 444 g/mol. The zero-order valence-corrected chi connectivity index (χ0v) is 20.5. The van der Waals surface area contributed by atoms with Crippen molar-refractivity contribution in [1.82, 2.24) is 9.80 Å². The number of hydrogen-bond donors (Lipinski definition) is 0. The summed E-state index contributed by atoms with van der Waals surface area (Å²) in [6.07, 6.45) is 1.28. The summed E-state index contributed by atoms with van der Waals surface area (Å²) in [4.78, 5) is 5.16. The van der Waals surface area contributed by atoms with Crippen LogP contribution in [-0.2, 0) is 22.9 Å². The van der Waals surface area contributed by atoms with Gasteiger partial charge in [-0.1, -0.05) is 54.1 Å². The van der Waals surface area contributed by atoms with Crippen molar-refractivity contribution in [3.8, 4) is 11.1 Å². The quantitative estimate of drug-likeness (QED) is 0.388. The monoisotopic (exact) mass is 474 g/mol. The van der Waals surface area contributed by atoms with Crippen LogP contribution >= 0.6 is 0 Å². The summed E-state index contributed by atoms with van der Waals surface area (Å²) < 4.78 is 30.3. The van der Waals surface area contributed by atoms with Gasteiger partial charge in [-0.15, -0.1) is 0 Å². The normalized spacial score (nSPS) is 15.7. The number of benzene rings is 3. The maximum absolute atomic E-state index is 12.1. The second-order valence-electron chi connectivity index (χ2n) is 9.26. The van der Waals surface area contributed by atoms with Gasteiger partial charge in [-0.25, -0.2) is 8.42 Å². The fourth-order valence-electron chi connectivity index (χ4n) is 4.66. The van der Waals surface area contributed by atoms with Gasteiger partial charge in [-0.3, -0.25) is 9.80 Å². The highest BCUT2D eigenvalue weighted by atomic mass is 32.2. The number of rotatable bonds is 6. The van der Waals surface area contributed by atoms with Crippen LogP contribution in [0.2, 0.25) is 0 Å². The van der Waals surface area contributed by atoms with Crippen LogP contribution in [0, 0.1) is 6.92 Å². The summed E-state index contributed by atoms with van der Waals surface area (Å²) in [5, 5.41) is 1.13. The fraction of sp³-hybridized carbons (Fsp3) is 0.286. The molecule has 0 aliphatic carbocycles. The number of fused-ring (bicyclic) bond motifs is 1. The minimum atomic E-state index is -3.22. The molecule has 0 N–H and O–H groups in total. The van der Waals surface area contributed by atoms with E-state index in [1.54, 1.807) is 12.1 Å². The lowest BCUT2D eigenvalue weighted by Gasteiger charge is -2.34. The molecule has 0 spiro atoms. The van der Waals surface area contributed by atoms with E-state index in [-0.39, 0.29) is 0 Å². The van der Waals surface area contributed by atoms with Crippen molar-refractivity contribution in [3.05, 3.63) is 89.7 Å². The van der Waals surface area contributed by atoms with Gasteiger partial charge < -0.3 is 4.42 Å². The molecule has 1 aliphatic rings. The fourth-order valence-corrected chi connectivity index (χ4v) is 5.60. The van der Waals surface area contributed by atoms with E-state index < -0.39 is 9.84 Å². The summed E-state index contributed by atoms with van der Waals surface area (Å²) in [5.74, 6) is 0.979. The molecule has 1 aromatic heterocycles. The molecule has 0 unspecified atom stereocenters. The minimum Gasteiger partial charge on any atom is -0.460 e. The maximum atomic E-state index is 12.1. The molecule has 3 aromatic carbocycles. The summed E-state index contributed by atoms with van der Waals surface area (Å²) >= 11 is 0. The Bertz CT molecular complexity index is 1400. The van der Waals surface area contributed by atoms with Gasteiger partial charge in [0.2, 0.25) is 0 Å². The third-order valence-electron chi connectivity index (χ3n) is 6.56. The minimum absolute atomic E-state index is 0.435. The molecule has 6 heteroatoms. The molecule has 1 aliphatic heterocycles. The first-order valence-electron chi connectivity index (χ1n) is 11.7. The van der Waals surface area contributed by atoms with Gasteiger partial charge in [0.15, 0.2) is 9.84 Å². The van der Waals surface area contributed by atoms with E-state index in [0.717, 1.165) is 55.0 Å². The van der Waals surface area contributed by atoms with Crippen LogP contribution in [-0.4, -0.2) is 50.7 Å². The Morgan fingerprint density at radius 1 is 0.794 bits per heavy atom. The van der Waals surface area contributed by atoms with Crippen LogP contribution in [0.1, 0.15) is 16.9 Å². The van der Waals surface area contributed by atoms with Gasteiger partial charge in [0.25, 0.3) is 0 Å². The summed E-state index contributed by atoms with van der Waals surface area (Å²) in [5.41, 5.74) is 5.46. The van der Waals surface area contributed by atoms with Crippen LogP contribution in [0.4, 0.5) is 0 Å². The van der Waals surface area contributed by atoms with Crippen LogP contribution < -0.4 is 0 Å². The molecule has 176 valence electrons. The van der Waals surface area contributed by atoms with E-state index in [1.165, 1.54) is 22.9 Å². The molecular formula is C28H30N2O3S. The molecule has 5 nitrogen and oxygen atoms in total. The first-order valence-corrected chi connectivity index (χ1v) is 13.6. The molecule has 1 fully saturated rings. The van der Waals surface area contributed by atoms with Crippen molar-refractivity contribution in [3.63, 3.8) is 0 Å². The van der Waals surface area contributed by atoms with Gasteiger partial charge in [-0.2, -0.15) is 0 Å². The van der Waals surface area contributed by atoms with E-state index in [4.69, 9.17) is 4.42 Å². The predicted octanol–water partition coefficient (Wildman–Crippen LogP) is 5.13. The molecule has 1 saturated heterocycles. The maximum Gasteiger partial charge on any atom is 0.175 e. The highest BCUT2D eigenvalue weighted by molar-refractivity contribution is 7.90. The molecule has 4 aromatic rings. The molecule has 0 amide bonds. The van der Waals surface area contributed by atoms with Crippen molar-refractivity contribution in [2.75, 3.05) is 32.4 Å². The van der Waals surface area contributed by atoms with Gasteiger partial charge >= 0.3 is 0 Å². The summed E-state index contributed by atoms with van der Waals surface area (Å²) in [6.45, 7) is 7.18. The lowest BCUT2D eigenvalue weighted by Crippen LogP contribution is -2.45. The Hall–Kier alpha value is -2.93. The molecule has 0 bridgehead atoms. The van der Waals surface area contributed by atoms with Crippen LogP contribution in [0.15, 0.2) is 82.1 Å². The SMILES string of the molecule is Cc1ccc(-c2ccc3oc(CN4CCN(Cc5ccccc5S(C)(=O)=O)CC4)cc3c2)cc1. The third-order valence-corrected chi connectivity index (χ3v) is 7.76. The Morgan fingerprint density at radius 3 is 2.15 bits per heavy atom. The van der Waals surface area contributed by atoms with Crippen molar-refractivity contribution in [2.45, 2.75) is 24.9 Å². The van der Waals surface area contributed by atoms with E-state index in [9.17, 15) is 8.42 Å². The van der Waals surface area contributed by atoms with Crippen LogP contribution in [0.25, 0.3) is 22.1 Å². The smallest absolute Gasteiger partial charge is 0.175 e. The van der Waals surface area contributed by atoms with E-state index in [0.29, 0.717) is 11.4 Å². The van der Waals surface area contributed by atoms with Gasteiger partial charge in [0, 0.05) is 44.4 Å². The first-order chi connectivity index (χ1) is 16.3. The Kier molecular flexibility index (Phi) is 6.30. The molecule has 0 radical (unpaired) electrons. The van der Waals surface area contributed by atoms with Crippen molar-refractivity contribution in [2.24, 2.45) is 0 Å². The zero-order chi connectivity index (χ0) is 23.7. The Balaban J connectivity index is 1.22. The molecule has 34 heavy (non-hydrogen) atoms. The van der Waals surface area contributed by atoms with Crippen molar-refractivity contribution < 1.29 is 12.8 Å². The second-order valence-corrected chi connectivity index (χ2v) is 11.2. The van der Waals surface area contributed by atoms with Crippen molar-refractivity contribution in [1.29, 1.82) is 0 Å². The number of furan rings is 1. The predicted molar refractivity (Wildman–Crippen MR) is 136 cm³/mol.